The number of carboxylic acid groups (broad SMARTS) is 1. The first-order valence-electron chi connectivity index (χ1n) is 7.76. The molecule has 1 saturated carbocycles. The lowest BCUT2D eigenvalue weighted by Gasteiger charge is -2.29. The van der Waals surface area contributed by atoms with Crippen LogP contribution in [0.15, 0.2) is 24.3 Å². The minimum absolute atomic E-state index is 0.169. The molecule has 2 rings (SSSR count). The van der Waals surface area contributed by atoms with E-state index >= 15 is 0 Å². The Morgan fingerprint density at radius 3 is 2.27 bits per heavy atom. The largest absolute Gasteiger partial charge is 0.484 e. The molecule has 0 atom stereocenters. The van der Waals surface area contributed by atoms with Gasteiger partial charge < -0.3 is 15.2 Å². The Morgan fingerprint density at radius 1 is 1.14 bits per heavy atom. The second-order valence-electron chi connectivity index (χ2n) is 5.95. The van der Waals surface area contributed by atoms with Crippen LogP contribution in [0.1, 0.15) is 44.1 Å². The number of hydrogen-bond donors (Lipinski definition) is 2. The Hall–Kier alpha value is -2.04. The molecule has 1 amide bonds. The zero-order valence-corrected chi connectivity index (χ0v) is 12.9. The number of carboxylic acids is 1. The molecule has 5 heteroatoms. The first-order chi connectivity index (χ1) is 10.5. The van der Waals surface area contributed by atoms with Gasteiger partial charge in [0, 0.05) is 0 Å². The molecule has 1 aromatic carbocycles. The Kier molecular flexibility index (Phi) is 5.41. The maximum atomic E-state index is 12.1. The van der Waals surface area contributed by atoms with Crippen molar-refractivity contribution in [1.29, 1.82) is 0 Å². The van der Waals surface area contributed by atoms with E-state index < -0.39 is 11.5 Å². The van der Waals surface area contributed by atoms with Gasteiger partial charge in [0.05, 0.1) is 0 Å². The summed E-state index contributed by atoms with van der Waals surface area (Å²) < 4.78 is 5.42. The lowest BCUT2D eigenvalue weighted by atomic mass is 9.90. The van der Waals surface area contributed by atoms with Crippen LogP contribution in [0, 0.1) is 6.92 Å². The summed E-state index contributed by atoms with van der Waals surface area (Å²) in [5, 5.41) is 12.2. The number of benzene rings is 1. The van der Waals surface area contributed by atoms with Crippen molar-refractivity contribution in [3.63, 3.8) is 0 Å². The van der Waals surface area contributed by atoms with E-state index in [2.05, 4.69) is 5.32 Å². The molecule has 0 spiro atoms. The second kappa shape index (κ2) is 7.29. The van der Waals surface area contributed by atoms with E-state index in [4.69, 9.17) is 4.74 Å². The number of aliphatic carboxylic acids is 1. The average Bonchev–Trinajstić information content (AvgIpc) is 2.73. The minimum atomic E-state index is -1.13. The van der Waals surface area contributed by atoms with Crippen molar-refractivity contribution >= 4 is 11.9 Å². The lowest BCUT2D eigenvalue weighted by molar-refractivity contribution is -0.148. The number of hydrogen-bond acceptors (Lipinski definition) is 3. The van der Waals surface area contributed by atoms with E-state index in [1.165, 1.54) is 0 Å². The van der Waals surface area contributed by atoms with Gasteiger partial charge in [0.15, 0.2) is 6.61 Å². The third kappa shape index (κ3) is 4.23. The van der Waals surface area contributed by atoms with Crippen LogP contribution in [-0.4, -0.2) is 29.1 Å². The fourth-order valence-electron chi connectivity index (χ4n) is 2.81. The van der Waals surface area contributed by atoms with Crippen LogP contribution in [0.4, 0.5) is 0 Å². The summed E-state index contributed by atoms with van der Waals surface area (Å²) in [6, 6.07) is 7.39. The molecule has 1 aliphatic carbocycles. The SMILES string of the molecule is Cc1ccc(OCC(=O)NC2(C(=O)O)CCCCCC2)cc1. The molecular formula is C17H23NO4. The topological polar surface area (TPSA) is 75.6 Å². The third-order valence-electron chi connectivity index (χ3n) is 4.14. The highest BCUT2D eigenvalue weighted by Crippen LogP contribution is 2.27. The highest BCUT2D eigenvalue weighted by Gasteiger charge is 2.40. The number of ether oxygens (including phenoxy) is 1. The third-order valence-corrected chi connectivity index (χ3v) is 4.14. The number of rotatable bonds is 5. The Morgan fingerprint density at radius 2 is 1.73 bits per heavy atom. The van der Waals surface area contributed by atoms with Crippen molar-refractivity contribution in [2.45, 2.75) is 51.0 Å². The van der Waals surface area contributed by atoms with Crippen LogP contribution in [0.25, 0.3) is 0 Å². The van der Waals surface area contributed by atoms with Gasteiger partial charge in [-0.25, -0.2) is 4.79 Å². The molecule has 22 heavy (non-hydrogen) atoms. The van der Waals surface area contributed by atoms with Crippen LogP contribution >= 0.6 is 0 Å². The molecule has 0 radical (unpaired) electrons. The summed E-state index contributed by atoms with van der Waals surface area (Å²) in [4.78, 5) is 23.7. The fourth-order valence-corrected chi connectivity index (χ4v) is 2.81. The van der Waals surface area contributed by atoms with E-state index in [1.54, 1.807) is 12.1 Å². The summed E-state index contributed by atoms with van der Waals surface area (Å²) in [5.41, 5.74) is -0.0235. The van der Waals surface area contributed by atoms with Crippen LogP contribution in [0.2, 0.25) is 0 Å². The predicted octanol–water partition coefficient (Wildman–Crippen LogP) is 2.67. The summed E-state index contributed by atoms with van der Waals surface area (Å²) in [6.07, 6.45) is 4.66. The van der Waals surface area contributed by atoms with E-state index in [0.717, 1.165) is 31.2 Å². The molecule has 0 aliphatic heterocycles. The van der Waals surface area contributed by atoms with E-state index in [9.17, 15) is 14.7 Å². The van der Waals surface area contributed by atoms with Crippen LogP contribution in [-0.2, 0) is 9.59 Å². The number of nitrogens with one attached hydrogen (secondary N) is 1. The highest BCUT2D eigenvalue weighted by atomic mass is 16.5. The van der Waals surface area contributed by atoms with Gasteiger partial charge in [0.2, 0.25) is 0 Å². The van der Waals surface area contributed by atoms with Gasteiger partial charge in [-0.2, -0.15) is 0 Å². The predicted molar refractivity (Wildman–Crippen MR) is 82.9 cm³/mol. The molecule has 120 valence electrons. The van der Waals surface area contributed by atoms with Crippen LogP contribution < -0.4 is 10.1 Å². The minimum Gasteiger partial charge on any atom is -0.484 e. The van der Waals surface area contributed by atoms with Crippen molar-refractivity contribution in [3.05, 3.63) is 29.8 Å². The van der Waals surface area contributed by atoms with Gasteiger partial charge in [0.1, 0.15) is 11.3 Å². The maximum Gasteiger partial charge on any atom is 0.329 e. The first-order valence-corrected chi connectivity index (χ1v) is 7.76. The Bertz CT molecular complexity index is 516. The maximum absolute atomic E-state index is 12.1. The average molecular weight is 305 g/mol. The molecule has 1 aromatic rings. The van der Waals surface area contributed by atoms with E-state index in [1.807, 2.05) is 19.1 Å². The monoisotopic (exact) mass is 305 g/mol. The number of carbonyl (C=O) groups excluding carboxylic acids is 1. The summed E-state index contributed by atoms with van der Waals surface area (Å²) in [6.45, 7) is 1.80. The van der Waals surface area contributed by atoms with Gasteiger partial charge >= 0.3 is 5.97 Å². The molecule has 2 N–H and O–H groups in total. The normalized spacial score (nSPS) is 17.3. The van der Waals surface area contributed by atoms with Crippen molar-refractivity contribution in [1.82, 2.24) is 5.32 Å². The molecule has 1 aliphatic rings. The van der Waals surface area contributed by atoms with Crippen molar-refractivity contribution < 1.29 is 19.4 Å². The molecule has 0 saturated heterocycles. The van der Waals surface area contributed by atoms with E-state index in [0.29, 0.717) is 18.6 Å². The lowest BCUT2D eigenvalue weighted by Crippen LogP contribution is -2.55. The summed E-state index contributed by atoms with van der Waals surface area (Å²) in [7, 11) is 0. The zero-order valence-electron chi connectivity index (χ0n) is 12.9. The summed E-state index contributed by atoms with van der Waals surface area (Å²) in [5.74, 6) is -0.728. The molecule has 0 bridgehead atoms. The molecule has 0 heterocycles. The van der Waals surface area contributed by atoms with Gasteiger partial charge in [-0.3, -0.25) is 4.79 Å². The van der Waals surface area contributed by atoms with Crippen molar-refractivity contribution in [2.75, 3.05) is 6.61 Å². The molecule has 1 fully saturated rings. The first kappa shape index (κ1) is 16.3. The number of carbonyl (C=O) groups is 2. The Balaban J connectivity index is 1.93. The smallest absolute Gasteiger partial charge is 0.329 e. The quantitative estimate of drug-likeness (QED) is 0.820. The van der Waals surface area contributed by atoms with Gasteiger partial charge in [-0.1, -0.05) is 43.4 Å². The molecule has 0 aromatic heterocycles. The fraction of sp³-hybridized carbons (Fsp3) is 0.529. The standard InChI is InChI=1S/C17H23NO4/c1-13-6-8-14(9-7-13)22-12-15(19)18-17(16(20)21)10-4-2-3-5-11-17/h6-9H,2-5,10-12H2,1H3,(H,18,19)(H,20,21). The van der Waals surface area contributed by atoms with Crippen molar-refractivity contribution in [3.8, 4) is 5.75 Å². The van der Waals surface area contributed by atoms with Gasteiger partial charge in [0.25, 0.3) is 5.91 Å². The van der Waals surface area contributed by atoms with E-state index in [-0.39, 0.29) is 12.5 Å². The molecular weight excluding hydrogens is 282 g/mol. The second-order valence-corrected chi connectivity index (χ2v) is 5.95. The van der Waals surface area contributed by atoms with Crippen LogP contribution in [0.3, 0.4) is 0 Å². The number of aryl methyl sites for hydroxylation is 1. The van der Waals surface area contributed by atoms with Crippen LogP contribution in [0.5, 0.6) is 5.75 Å². The number of amides is 1. The van der Waals surface area contributed by atoms with Crippen molar-refractivity contribution in [2.24, 2.45) is 0 Å². The summed E-state index contributed by atoms with van der Waals surface area (Å²) >= 11 is 0. The molecule has 0 unspecified atom stereocenters. The molecule has 5 nitrogen and oxygen atoms in total. The van der Waals surface area contributed by atoms with Gasteiger partial charge in [-0.05, 0) is 31.9 Å². The Labute approximate surface area is 130 Å². The van der Waals surface area contributed by atoms with Gasteiger partial charge in [-0.15, -0.1) is 0 Å². The zero-order chi connectivity index (χ0) is 16.0. The highest BCUT2D eigenvalue weighted by molar-refractivity contribution is 5.87.